The molecule has 3 rings (SSSR count). The number of aryl methyl sites for hydroxylation is 1. The van der Waals surface area contributed by atoms with E-state index >= 15 is 0 Å². The molecule has 0 unspecified atom stereocenters. The Labute approximate surface area is 157 Å². The van der Waals surface area contributed by atoms with Crippen molar-refractivity contribution < 1.29 is 4.79 Å². The van der Waals surface area contributed by atoms with E-state index < -0.39 is 0 Å². The number of halogens is 2. The van der Waals surface area contributed by atoms with Crippen LogP contribution in [0, 0.1) is 6.92 Å². The Morgan fingerprint density at radius 3 is 2.76 bits per heavy atom. The molecule has 0 aliphatic heterocycles. The number of anilines is 1. The third kappa shape index (κ3) is 4.28. The number of hydrogen-bond donors (Lipinski definition) is 1. The van der Waals surface area contributed by atoms with Gasteiger partial charge in [-0.25, -0.2) is 4.98 Å². The zero-order valence-electron chi connectivity index (χ0n) is 13.1. The van der Waals surface area contributed by atoms with Crippen molar-refractivity contribution in [1.82, 2.24) is 9.55 Å². The van der Waals surface area contributed by atoms with Gasteiger partial charge in [-0.05, 0) is 30.7 Å². The van der Waals surface area contributed by atoms with Gasteiger partial charge in [0, 0.05) is 27.7 Å². The van der Waals surface area contributed by atoms with Gasteiger partial charge >= 0.3 is 0 Å². The lowest BCUT2D eigenvalue weighted by atomic mass is 10.2. The van der Waals surface area contributed by atoms with E-state index in [2.05, 4.69) is 10.3 Å². The molecule has 0 spiro atoms. The van der Waals surface area contributed by atoms with Crippen LogP contribution >= 0.6 is 34.5 Å². The standard InChI is InChI=1S/C17H13Cl2N3O2S/c1-10-9-25-17(20-10)21-16(24)12-3-5-15(23)22(8-12)7-11-2-4-13(18)6-14(11)19/h2-6,8-9H,7H2,1H3,(H,20,21,24). The highest BCUT2D eigenvalue weighted by molar-refractivity contribution is 7.13. The maximum Gasteiger partial charge on any atom is 0.258 e. The molecular weight excluding hydrogens is 381 g/mol. The average molecular weight is 394 g/mol. The first-order chi connectivity index (χ1) is 11.9. The fourth-order valence-electron chi connectivity index (χ4n) is 2.20. The maximum absolute atomic E-state index is 12.3. The van der Waals surface area contributed by atoms with E-state index in [4.69, 9.17) is 23.2 Å². The minimum atomic E-state index is -0.328. The molecule has 5 nitrogen and oxygen atoms in total. The van der Waals surface area contributed by atoms with Crippen LogP contribution in [0.25, 0.3) is 0 Å². The topological polar surface area (TPSA) is 64.0 Å². The molecule has 2 heterocycles. The molecule has 0 saturated heterocycles. The minimum Gasteiger partial charge on any atom is -0.310 e. The van der Waals surface area contributed by atoms with E-state index in [0.29, 0.717) is 20.7 Å². The van der Waals surface area contributed by atoms with Gasteiger partial charge in [0.15, 0.2) is 5.13 Å². The van der Waals surface area contributed by atoms with Crippen LogP contribution < -0.4 is 10.9 Å². The van der Waals surface area contributed by atoms with Gasteiger partial charge in [-0.3, -0.25) is 14.9 Å². The van der Waals surface area contributed by atoms with Gasteiger partial charge in [0.1, 0.15) is 0 Å². The van der Waals surface area contributed by atoms with E-state index in [0.717, 1.165) is 11.3 Å². The zero-order chi connectivity index (χ0) is 18.0. The molecule has 0 aliphatic carbocycles. The number of hydrogen-bond acceptors (Lipinski definition) is 4. The first kappa shape index (κ1) is 17.7. The summed E-state index contributed by atoms with van der Waals surface area (Å²) in [6, 6.07) is 7.91. The number of amides is 1. The molecule has 2 aromatic heterocycles. The molecule has 0 bridgehead atoms. The number of rotatable bonds is 4. The first-order valence-corrected chi connectivity index (χ1v) is 8.94. The monoisotopic (exact) mass is 393 g/mol. The third-order valence-electron chi connectivity index (χ3n) is 3.44. The summed E-state index contributed by atoms with van der Waals surface area (Å²) < 4.78 is 1.43. The van der Waals surface area contributed by atoms with Gasteiger partial charge in [0.2, 0.25) is 0 Å². The highest BCUT2D eigenvalue weighted by atomic mass is 35.5. The van der Waals surface area contributed by atoms with Gasteiger partial charge in [-0.2, -0.15) is 0 Å². The lowest BCUT2D eigenvalue weighted by Gasteiger charge is -2.10. The van der Waals surface area contributed by atoms with Gasteiger partial charge < -0.3 is 4.57 Å². The van der Waals surface area contributed by atoms with Crippen molar-refractivity contribution in [2.24, 2.45) is 0 Å². The normalized spacial score (nSPS) is 10.7. The van der Waals surface area contributed by atoms with Gasteiger partial charge in [0.25, 0.3) is 11.5 Å². The van der Waals surface area contributed by atoms with Crippen molar-refractivity contribution in [1.29, 1.82) is 0 Å². The summed E-state index contributed by atoms with van der Waals surface area (Å²) in [5, 5.41) is 6.07. The van der Waals surface area contributed by atoms with Crippen molar-refractivity contribution in [3.05, 3.63) is 79.1 Å². The van der Waals surface area contributed by atoms with Crippen molar-refractivity contribution in [2.45, 2.75) is 13.5 Å². The van der Waals surface area contributed by atoms with E-state index in [1.54, 1.807) is 18.2 Å². The summed E-state index contributed by atoms with van der Waals surface area (Å²) in [6.07, 6.45) is 1.50. The molecule has 1 amide bonds. The highest BCUT2D eigenvalue weighted by Crippen LogP contribution is 2.21. The molecule has 0 fully saturated rings. The Bertz CT molecular complexity index is 998. The average Bonchev–Trinajstić information content (AvgIpc) is 2.96. The SMILES string of the molecule is Cc1csc(NC(=O)c2ccc(=O)n(Cc3ccc(Cl)cc3Cl)c2)n1. The summed E-state index contributed by atoms with van der Waals surface area (Å²) in [5.74, 6) is -0.328. The Morgan fingerprint density at radius 2 is 2.08 bits per heavy atom. The predicted octanol–water partition coefficient (Wildman–Crippen LogP) is 4.22. The molecule has 3 aromatic rings. The summed E-state index contributed by atoms with van der Waals surface area (Å²) in [7, 11) is 0. The smallest absolute Gasteiger partial charge is 0.258 e. The molecule has 25 heavy (non-hydrogen) atoms. The Kier molecular flexibility index (Phi) is 5.22. The number of carbonyl (C=O) groups is 1. The largest absolute Gasteiger partial charge is 0.310 e. The van der Waals surface area contributed by atoms with E-state index in [9.17, 15) is 9.59 Å². The zero-order valence-corrected chi connectivity index (χ0v) is 15.5. The predicted molar refractivity (Wildman–Crippen MR) is 101 cm³/mol. The lowest BCUT2D eigenvalue weighted by molar-refractivity contribution is 0.102. The fraction of sp³-hybridized carbons (Fsp3) is 0.118. The number of aromatic nitrogens is 2. The van der Waals surface area contributed by atoms with Crippen LogP contribution in [-0.4, -0.2) is 15.5 Å². The molecule has 0 atom stereocenters. The van der Waals surface area contributed by atoms with Crippen molar-refractivity contribution in [3.8, 4) is 0 Å². The number of thiazole rings is 1. The van der Waals surface area contributed by atoms with Crippen molar-refractivity contribution in [2.75, 3.05) is 5.32 Å². The summed E-state index contributed by atoms with van der Waals surface area (Å²) >= 11 is 13.4. The molecule has 128 valence electrons. The van der Waals surface area contributed by atoms with Crippen LogP contribution in [0.2, 0.25) is 10.0 Å². The number of nitrogens with one attached hydrogen (secondary N) is 1. The quantitative estimate of drug-likeness (QED) is 0.721. The Morgan fingerprint density at radius 1 is 1.28 bits per heavy atom. The number of nitrogens with zero attached hydrogens (tertiary/aromatic N) is 2. The summed E-state index contributed by atoms with van der Waals surface area (Å²) in [5.41, 5.74) is 1.70. The van der Waals surface area contributed by atoms with E-state index in [1.165, 1.54) is 34.2 Å². The summed E-state index contributed by atoms with van der Waals surface area (Å²) in [4.78, 5) is 28.6. The van der Waals surface area contributed by atoms with Crippen LogP contribution in [0.3, 0.4) is 0 Å². The van der Waals surface area contributed by atoms with E-state index in [1.807, 2.05) is 12.3 Å². The Balaban J connectivity index is 1.84. The summed E-state index contributed by atoms with van der Waals surface area (Å²) in [6.45, 7) is 2.09. The highest BCUT2D eigenvalue weighted by Gasteiger charge is 2.11. The van der Waals surface area contributed by atoms with Crippen LogP contribution in [0.15, 0.2) is 46.7 Å². The molecule has 0 aliphatic rings. The molecular formula is C17H13Cl2N3O2S. The van der Waals surface area contributed by atoms with Crippen LogP contribution in [0.5, 0.6) is 0 Å². The molecule has 0 saturated carbocycles. The van der Waals surface area contributed by atoms with Gasteiger partial charge in [0.05, 0.1) is 17.8 Å². The van der Waals surface area contributed by atoms with Crippen LogP contribution in [0.1, 0.15) is 21.6 Å². The molecule has 1 N–H and O–H groups in total. The van der Waals surface area contributed by atoms with Crippen LogP contribution in [-0.2, 0) is 6.54 Å². The first-order valence-electron chi connectivity index (χ1n) is 7.30. The fourth-order valence-corrected chi connectivity index (χ4v) is 3.35. The van der Waals surface area contributed by atoms with Crippen molar-refractivity contribution >= 4 is 45.6 Å². The third-order valence-corrected chi connectivity index (χ3v) is 4.90. The molecule has 1 aromatic carbocycles. The van der Waals surface area contributed by atoms with E-state index in [-0.39, 0.29) is 18.0 Å². The molecule has 8 heteroatoms. The number of benzene rings is 1. The number of pyridine rings is 1. The van der Waals surface area contributed by atoms with Crippen molar-refractivity contribution in [3.63, 3.8) is 0 Å². The second-order valence-electron chi connectivity index (χ2n) is 5.37. The van der Waals surface area contributed by atoms with Gasteiger partial charge in [-0.1, -0.05) is 29.3 Å². The minimum absolute atomic E-state index is 0.229. The Hall–Kier alpha value is -2.15. The van der Waals surface area contributed by atoms with Gasteiger partial charge in [-0.15, -0.1) is 11.3 Å². The maximum atomic E-state index is 12.3. The second-order valence-corrected chi connectivity index (χ2v) is 7.07. The lowest BCUT2D eigenvalue weighted by Crippen LogP contribution is -2.22. The number of carbonyl (C=O) groups excluding carboxylic acids is 1. The molecule has 0 radical (unpaired) electrons. The second kappa shape index (κ2) is 7.39. The van der Waals surface area contributed by atoms with Crippen LogP contribution in [0.4, 0.5) is 5.13 Å².